The van der Waals surface area contributed by atoms with Crippen molar-refractivity contribution >= 4 is 17.4 Å². The summed E-state index contributed by atoms with van der Waals surface area (Å²) in [5.74, 6) is 0.741. The first kappa shape index (κ1) is 18.2. The summed E-state index contributed by atoms with van der Waals surface area (Å²) in [6.45, 7) is 4.57. The molecular weight excluding hydrogens is 368 g/mol. The summed E-state index contributed by atoms with van der Waals surface area (Å²) in [5, 5.41) is 0. The molecule has 0 aliphatic carbocycles. The van der Waals surface area contributed by atoms with Gasteiger partial charge in [-0.25, -0.2) is 0 Å². The van der Waals surface area contributed by atoms with Crippen molar-refractivity contribution in [2.45, 2.75) is 32.2 Å². The van der Waals surface area contributed by atoms with E-state index in [0.717, 1.165) is 54.1 Å². The summed E-state index contributed by atoms with van der Waals surface area (Å²) in [7, 11) is 0. The topological polar surface area (TPSA) is 59.1 Å². The van der Waals surface area contributed by atoms with E-state index in [-0.39, 0.29) is 6.04 Å². The highest BCUT2D eigenvalue weighted by atomic mass is 16.5. The molecule has 1 saturated heterocycles. The lowest BCUT2D eigenvalue weighted by Crippen LogP contribution is -2.40. The van der Waals surface area contributed by atoms with Crippen LogP contribution in [0.15, 0.2) is 36.4 Å². The van der Waals surface area contributed by atoms with E-state index in [1.807, 2.05) is 25.1 Å². The van der Waals surface area contributed by atoms with E-state index < -0.39 is 11.7 Å². The number of aryl methyl sites for hydroxylation is 1. The third-order valence-electron chi connectivity index (χ3n) is 5.97. The molecule has 3 aliphatic heterocycles. The molecule has 6 nitrogen and oxygen atoms in total. The molecule has 1 unspecified atom stereocenters. The Hall–Kier alpha value is -2.86. The van der Waals surface area contributed by atoms with Crippen molar-refractivity contribution < 1.29 is 19.1 Å². The normalized spacial score (nSPS) is 21.4. The number of anilines is 1. The van der Waals surface area contributed by atoms with Gasteiger partial charge < -0.3 is 9.47 Å². The van der Waals surface area contributed by atoms with Gasteiger partial charge >= 0.3 is 5.91 Å². The van der Waals surface area contributed by atoms with E-state index in [9.17, 15) is 9.59 Å². The largest absolute Gasteiger partial charge is 0.490 e. The molecule has 3 aliphatic rings. The number of amides is 1. The number of carbonyl (C=O) groups is 2. The molecular formula is C23H24N2O4. The molecule has 0 saturated carbocycles. The highest BCUT2D eigenvalue weighted by molar-refractivity contribution is 6.52. The predicted octanol–water partition coefficient (Wildman–Crippen LogP) is 3.48. The summed E-state index contributed by atoms with van der Waals surface area (Å²) < 4.78 is 11.6. The summed E-state index contributed by atoms with van der Waals surface area (Å²) in [6, 6.07) is 12.0. The third-order valence-corrected chi connectivity index (χ3v) is 5.97. The number of ketones is 1. The van der Waals surface area contributed by atoms with Gasteiger partial charge in [0.15, 0.2) is 11.5 Å². The highest BCUT2D eigenvalue weighted by Crippen LogP contribution is 2.39. The van der Waals surface area contributed by atoms with E-state index in [2.05, 4.69) is 17.0 Å². The maximum Gasteiger partial charge on any atom is 0.300 e. The van der Waals surface area contributed by atoms with Crippen molar-refractivity contribution in [2.24, 2.45) is 0 Å². The number of carbonyl (C=O) groups excluding carboxylic acids is 2. The molecule has 0 bridgehead atoms. The first-order valence-electron chi connectivity index (χ1n) is 10.2. The van der Waals surface area contributed by atoms with Crippen molar-refractivity contribution in [1.29, 1.82) is 0 Å². The number of fused-ring (bicyclic) bond motifs is 2. The summed E-state index contributed by atoms with van der Waals surface area (Å²) in [5.41, 5.74) is 3.38. The van der Waals surface area contributed by atoms with Crippen LogP contribution in [0, 0.1) is 6.92 Å². The summed E-state index contributed by atoms with van der Waals surface area (Å²) in [6.07, 6.45) is 2.94. The standard InChI is InChI=1S/C23H24N2O4/c1-15-5-7-19-17(12-15)22(26)23(27)25(19)14-24-9-2-4-18(24)16-6-8-20-21(13-16)29-11-3-10-28-20/h5-8,12-13,18H,2-4,9-11,14H2,1H3. The van der Waals surface area contributed by atoms with Crippen LogP contribution in [0.3, 0.4) is 0 Å². The Morgan fingerprint density at radius 3 is 2.69 bits per heavy atom. The molecule has 0 aromatic heterocycles. The Balaban J connectivity index is 1.40. The Labute approximate surface area is 170 Å². The monoisotopic (exact) mass is 392 g/mol. The average molecular weight is 392 g/mol. The van der Waals surface area contributed by atoms with Crippen LogP contribution in [0.1, 0.15) is 46.8 Å². The fraction of sp³-hybridized carbons (Fsp3) is 0.391. The quantitative estimate of drug-likeness (QED) is 0.749. The fourth-order valence-electron chi connectivity index (χ4n) is 4.50. The number of ether oxygens (including phenoxy) is 2. The Bertz CT molecular complexity index is 987. The lowest BCUT2D eigenvalue weighted by Gasteiger charge is -2.29. The molecule has 5 rings (SSSR count). The van der Waals surface area contributed by atoms with Gasteiger partial charge in [0.1, 0.15) is 0 Å². The number of Topliss-reactive ketones (excluding diaryl/α,β-unsaturated/α-hetero) is 1. The number of hydrogen-bond donors (Lipinski definition) is 0. The number of nitrogens with zero attached hydrogens (tertiary/aromatic N) is 2. The maximum atomic E-state index is 12.6. The zero-order chi connectivity index (χ0) is 20.0. The van der Waals surface area contributed by atoms with Crippen molar-refractivity contribution in [1.82, 2.24) is 4.90 Å². The van der Waals surface area contributed by atoms with Gasteiger partial charge in [-0.1, -0.05) is 17.7 Å². The summed E-state index contributed by atoms with van der Waals surface area (Å²) in [4.78, 5) is 29.0. The van der Waals surface area contributed by atoms with Crippen LogP contribution in [0.4, 0.5) is 5.69 Å². The zero-order valence-electron chi connectivity index (χ0n) is 16.5. The molecule has 3 heterocycles. The zero-order valence-corrected chi connectivity index (χ0v) is 16.5. The molecule has 2 aromatic rings. The van der Waals surface area contributed by atoms with Gasteiger partial charge in [-0.05, 0) is 49.6 Å². The van der Waals surface area contributed by atoms with Crippen LogP contribution in [0.25, 0.3) is 0 Å². The minimum Gasteiger partial charge on any atom is -0.490 e. The predicted molar refractivity (Wildman–Crippen MR) is 109 cm³/mol. The minimum atomic E-state index is -0.435. The van der Waals surface area contributed by atoms with E-state index in [4.69, 9.17) is 9.47 Å². The van der Waals surface area contributed by atoms with Crippen molar-refractivity contribution in [3.05, 3.63) is 53.1 Å². The Kier molecular flexibility index (Phi) is 4.51. The number of hydrogen-bond acceptors (Lipinski definition) is 5. The first-order valence-corrected chi connectivity index (χ1v) is 10.2. The maximum absolute atomic E-state index is 12.6. The van der Waals surface area contributed by atoms with Crippen LogP contribution in [-0.4, -0.2) is 43.0 Å². The molecule has 1 atom stereocenters. The van der Waals surface area contributed by atoms with Gasteiger partial charge in [-0.15, -0.1) is 0 Å². The van der Waals surface area contributed by atoms with Crippen LogP contribution in [-0.2, 0) is 4.79 Å². The smallest absolute Gasteiger partial charge is 0.300 e. The second-order valence-electron chi connectivity index (χ2n) is 7.95. The molecule has 0 radical (unpaired) electrons. The van der Waals surface area contributed by atoms with Gasteiger partial charge in [-0.3, -0.25) is 19.4 Å². The molecule has 0 spiro atoms. The van der Waals surface area contributed by atoms with Crippen LogP contribution in [0.5, 0.6) is 11.5 Å². The minimum absolute atomic E-state index is 0.185. The van der Waals surface area contributed by atoms with Crippen molar-refractivity contribution in [3.63, 3.8) is 0 Å². The third kappa shape index (κ3) is 3.17. The Morgan fingerprint density at radius 1 is 1.00 bits per heavy atom. The fourth-order valence-corrected chi connectivity index (χ4v) is 4.50. The number of benzene rings is 2. The van der Waals surface area contributed by atoms with E-state index >= 15 is 0 Å². The molecule has 150 valence electrons. The Morgan fingerprint density at radius 2 is 1.83 bits per heavy atom. The van der Waals surface area contributed by atoms with E-state index in [1.54, 1.807) is 11.0 Å². The molecule has 0 N–H and O–H groups in total. The second kappa shape index (κ2) is 7.19. The lowest BCUT2D eigenvalue weighted by molar-refractivity contribution is -0.114. The molecule has 1 fully saturated rings. The van der Waals surface area contributed by atoms with Crippen LogP contribution >= 0.6 is 0 Å². The lowest BCUT2D eigenvalue weighted by atomic mass is 10.0. The molecule has 1 amide bonds. The van der Waals surface area contributed by atoms with Crippen molar-refractivity contribution in [2.75, 3.05) is 31.3 Å². The van der Waals surface area contributed by atoms with E-state index in [0.29, 0.717) is 25.4 Å². The molecule has 29 heavy (non-hydrogen) atoms. The highest BCUT2D eigenvalue weighted by Gasteiger charge is 2.38. The van der Waals surface area contributed by atoms with Crippen molar-refractivity contribution in [3.8, 4) is 11.5 Å². The van der Waals surface area contributed by atoms with Gasteiger partial charge in [0.2, 0.25) is 0 Å². The van der Waals surface area contributed by atoms with Gasteiger partial charge in [0.25, 0.3) is 5.78 Å². The van der Waals surface area contributed by atoms with Gasteiger partial charge in [0.05, 0.1) is 31.1 Å². The SMILES string of the molecule is Cc1ccc2c(c1)C(=O)C(=O)N2CN1CCCC1c1ccc2c(c1)OCCCO2. The molecule has 6 heteroatoms. The van der Waals surface area contributed by atoms with E-state index in [1.165, 1.54) is 0 Å². The van der Waals surface area contributed by atoms with Gasteiger partial charge in [0, 0.05) is 19.0 Å². The van der Waals surface area contributed by atoms with Gasteiger partial charge in [-0.2, -0.15) is 0 Å². The van der Waals surface area contributed by atoms with Crippen LogP contribution in [0.2, 0.25) is 0 Å². The summed E-state index contributed by atoms with van der Waals surface area (Å²) >= 11 is 0. The average Bonchev–Trinajstić information content (AvgIpc) is 3.17. The first-order chi connectivity index (χ1) is 14.1. The molecule has 2 aromatic carbocycles. The number of likely N-dealkylation sites (tertiary alicyclic amines) is 1. The van der Waals surface area contributed by atoms with Crippen LogP contribution < -0.4 is 14.4 Å². The second-order valence-corrected chi connectivity index (χ2v) is 7.95. The number of rotatable bonds is 3.